The summed E-state index contributed by atoms with van der Waals surface area (Å²) in [4.78, 5) is 0. The van der Waals surface area contributed by atoms with Crippen molar-refractivity contribution in [3.63, 3.8) is 0 Å². The van der Waals surface area contributed by atoms with Crippen LogP contribution >= 0.6 is 0 Å². The van der Waals surface area contributed by atoms with Crippen molar-refractivity contribution in [1.29, 1.82) is 0 Å². The fraction of sp³-hybridized carbons (Fsp3) is 0.600. The van der Waals surface area contributed by atoms with E-state index in [2.05, 4.69) is 17.4 Å². The Morgan fingerprint density at radius 2 is 1.84 bits per heavy atom. The lowest BCUT2D eigenvalue weighted by Crippen LogP contribution is -2.31. The monoisotopic (exact) mass is 265 g/mol. The van der Waals surface area contributed by atoms with Gasteiger partial charge in [-0.05, 0) is 37.1 Å². The van der Waals surface area contributed by atoms with Gasteiger partial charge in [-0.3, -0.25) is 0 Å². The van der Waals surface area contributed by atoms with Crippen LogP contribution in [0.3, 0.4) is 0 Å². The molecular formula is C15H23NO3. The van der Waals surface area contributed by atoms with E-state index in [1.165, 1.54) is 5.56 Å². The second-order valence-corrected chi connectivity index (χ2v) is 5.04. The number of ether oxygens (including phenoxy) is 3. The third-order valence-corrected chi connectivity index (χ3v) is 3.62. The average molecular weight is 265 g/mol. The molecule has 1 N–H and O–H groups in total. The minimum Gasteiger partial charge on any atom is -0.497 e. The second kappa shape index (κ2) is 6.78. The maximum Gasteiger partial charge on any atom is 0.122 e. The van der Waals surface area contributed by atoms with Crippen molar-refractivity contribution in [1.82, 2.24) is 5.32 Å². The zero-order valence-electron chi connectivity index (χ0n) is 11.9. The van der Waals surface area contributed by atoms with E-state index in [1.54, 1.807) is 14.2 Å². The molecule has 1 aromatic carbocycles. The van der Waals surface area contributed by atoms with Gasteiger partial charge < -0.3 is 19.5 Å². The number of hydrogen-bond acceptors (Lipinski definition) is 4. The zero-order chi connectivity index (χ0) is 13.7. The molecule has 1 atom stereocenters. The summed E-state index contributed by atoms with van der Waals surface area (Å²) in [6.07, 6.45) is 1.14. The maximum absolute atomic E-state index is 5.35. The van der Waals surface area contributed by atoms with Gasteiger partial charge in [-0.2, -0.15) is 0 Å². The highest BCUT2D eigenvalue weighted by molar-refractivity contribution is 5.40. The zero-order valence-corrected chi connectivity index (χ0v) is 11.9. The van der Waals surface area contributed by atoms with E-state index >= 15 is 0 Å². The fourth-order valence-electron chi connectivity index (χ4n) is 2.47. The average Bonchev–Trinajstić information content (AvgIpc) is 2.40. The van der Waals surface area contributed by atoms with E-state index in [4.69, 9.17) is 14.2 Å². The number of likely N-dealkylation sites (N-methyl/N-ethyl adjacent to an activating group) is 1. The van der Waals surface area contributed by atoms with E-state index < -0.39 is 0 Å². The molecule has 0 amide bonds. The Hall–Kier alpha value is -1.26. The highest BCUT2D eigenvalue weighted by atomic mass is 16.5. The highest BCUT2D eigenvalue weighted by Gasteiger charge is 2.24. The van der Waals surface area contributed by atoms with Crippen LogP contribution in [0.15, 0.2) is 18.2 Å². The number of hydrogen-bond donors (Lipinski definition) is 1. The third kappa shape index (κ3) is 3.61. The molecule has 2 rings (SSSR count). The molecule has 0 saturated carbocycles. The maximum atomic E-state index is 5.35. The van der Waals surface area contributed by atoms with Gasteiger partial charge in [0.15, 0.2) is 0 Å². The fourth-order valence-corrected chi connectivity index (χ4v) is 2.47. The van der Waals surface area contributed by atoms with Crippen molar-refractivity contribution in [3.05, 3.63) is 23.8 Å². The van der Waals surface area contributed by atoms with Gasteiger partial charge in [-0.15, -0.1) is 0 Å². The highest BCUT2D eigenvalue weighted by Crippen LogP contribution is 2.32. The number of benzene rings is 1. The van der Waals surface area contributed by atoms with Crippen LogP contribution in [0.4, 0.5) is 0 Å². The standard InChI is InChI=1S/C15H23NO3/c1-16-8-13(4-11-9-19-10-11)12-5-14(17-2)7-15(6-12)18-3/h5-7,11,13,16H,4,8-10H2,1-3H3. The minimum absolute atomic E-state index is 0.461. The largest absolute Gasteiger partial charge is 0.497 e. The number of nitrogens with one attached hydrogen (secondary N) is 1. The van der Waals surface area contributed by atoms with Gasteiger partial charge in [0.05, 0.1) is 27.4 Å². The Morgan fingerprint density at radius 3 is 2.26 bits per heavy atom. The summed E-state index contributed by atoms with van der Waals surface area (Å²) in [5.41, 5.74) is 1.26. The number of rotatable bonds is 7. The van der Waals surface area contributed by atoms with Crippen LogP contribution in [-0.2, 0) is 4.74 Å². The van der Waals surface area contributed by atoms with Crippen LogP contribution < -0.4 is 14.8 Å². The molecule has 0 bridgehead atoms. The van der Waals surface area contributed by atoms with Crippen LogP contribution in [0, 0.1) is 5.92 Å². The first kappa shape index (κ1) is 14.2. The Kier molecular flexibility index (Phi) is 5.05. The van der Waals surface area contributed by atoms with E-state index in [-0.39, 0.29) is 0 Å². The quantitative estimate of drug-likeness (QED) is 0.819. The van der Waals surface area contributed by atoms with Crippen LogP contribution in [0.1, 0.15) is 17.9 Å². The van der Waals surface area contributed by atoms with Gasteiger partial charge in [-0.25, -0.2) is 0 Å². The third-order valence-electron chi connectivity index (χ3n) is 3.62. The summed E-state index contributed by atoms with van der Waals surface area (Å²) in [6.45, 7) is 2.73. The van der Waals surface area contributed by atoms with Gasteiger partial charge in [0.1, 0.15) is 11.5 Å². The van der Waals surface area contributed by atoms with Crippen molar-refractivity contribution >= 4 is 0 Å². The van der Waals surface area contributed by atoms with Crippen molar-refractivity contribution in [3.8, 4) is 11.5 Å². The summed E-state index contributed by atoms with van der Waals surface area (Å²) in [5.74, 6) is 2.83. The van der Waals surface area contributed by atoms with Gasteiger partial charge >= 0.3 is 0 Å². The first-order valence-corrected chi connectivity index (χ1v) is 6.72. The first-order valence-electron chi connectivity index (χ1n) is 6.72. The topological polar surface area (TPSA) is 39.7 Å². The molecule has 4 nitrogen and oxygen atoms in total. The predicted molar refractivity (Wildman–Crippen MR) is 75.1 cm³/mol. The molecule has 19 heavy (non-hydrogen) atoms. The normalized spacial score (nSPS) is 16.8. The molecule has 1 aliphatic heterocycles. The van der Waals surface area contributed by atoms with Crippen molar-refractivity contribution in [2.75, 3.05) is 41.0 Å². The van der Waals surface area contributed by atoms with E-state index in [9.17, 15) is 0 Å². The molecule has 0 radical (unpaired) electrons. The molecule has 0 aliphatic carbocycles. The Morgan fingerprint density at radius 1 is 1.21 bits per heavy atom. The summed E-state index contributed by atoms with van der Waals surface area (Å²) in [5, 5.41) is 3.27. The molecule has 1 saturated heterocycles. The van der Waals surface area contributed by atoms with Crippen LogP contribution in [0.2, 0.25) is 0 Å². The van der Waals surface area contributed by atoms with Crippen molar-refractivity contribution < 1.29 is 14.2 Å². The molecule has 1 aromatic rings. The molecule has 0 aromatic heterocycles. The summed E-state index contributed by atoms with van der Waals surface area (Å²) in [7, 11) is 5.36. The molecule has 1 heterocycles. The van der Waals surface area contributed by atoms with E-state index in [0.717, 1.165) is 37.7 Å². The smallest absolute Gasteiger partial charge is 0.122 e. The van der Waals surface area contributed by atoms with Crippen molar-refractivity contribution in [2.24, 2.45) is 5.92 Å². The SMILES string of the molecule is CNCC(CC1COC1)c1cc(OC)cc(OC)c1. The number of methoxy groups -OCH3 is 2. The van der Waals surface area contributed by atoms with Gasteiger partial charge in [0.25, 0.3) is 0 Å². The van der Waals surface area contributed by atoms with Crippen LogP contribution in [0.5, 0.6) is 11.5 Å². The lowest BCUT2D eigenvalue weighted by atomic mass is 9.87. The molecular weight excluding hydrogens is 242 g/mol. The van der Waals surface area contributed by atoms with E-state index in [0.29, 0.717) is 11.8 Å². The van der Waals surface area contributed by atoms with Gasteiger partial charge in [0.2, 0.25) is 0 Å². The molecule has 106 valence electrons. The molecule has 1 unspecified atom stereocenters. The molecule has 4 heteroatoms. The first-order chi connectivity index (χ1) is 9.26. The predicted octanol–water partition coefficient (Wildman–Crippen LogP) is 2.04. The van der Waals surface area contributed by atoms with Crippen LogP contribution in [-0.4, -0.2) is 41.0 Å². The second-order valence-electron chi connectivity index (χ2n) is 5.04. The summed E-state index contributed by atoms with van der Waals surface area (Å²) >= 11 is 0. The Balaban J connectivity index is 2.18. The summed E-state index contributed by atoms with van der Waals surface area (Å²) in [6, 6.07) is 6.11. The van der Waals surface area contributed by atoms with Gasteiger partial charge in [-0.1, -0.05) is 0 Å². The van der Waals surface area contributed by atoms with E-state index in [1.807, 2.05) is 13.1 Å². The van der Waals surface area contributed by atoms with Gasteiger partial charge in [0, 0.05) is 18.5 Å². The minimum atomic E-state index is 0.461. The molecule has 0 spiro atoms. The lowest BCUT2D eigenvalue weighted by Gasteiger charge is -2.30. The lowest BCUT2D eigenvalue weighted by molar-refractivity contribution is -0.0384. The summed E-state index contributed by atoms with van der Waals surface area (Å²) < 4.78 is 16.0. The Bertz CT molecular complexity index is 382. The van der Waals surface area contributed by atoms with Crippen LogP contribution in [0.25, 0.3) is 0 Å². The molecule has 1 aliphatic rings. The Labute approximate surface area is 115 Å². The van der Waals surface area contributed by atoms with Crippen molar-refractivity contribution in [2.45, 2.75) is 12.3 Å². The molecule has 1 fully saturated rings.